The van der Waals surface area contributed by atoms with Gasteiger partial charge in [-0.3, -0.25) is 0 Å². The van der Waals surface area contributed by atoms with Crippen molar-refractivity contribution in [1.29, 1.82) is 0 Å². The largest absolute Gasteiger partial charge is 0.479 e. The third-order valence-electron chi connectivity index (χ3n) is 3.03. The van der Waals surface area contributed by atoms with Crippen LogP contribution in [0.3, 0.4) is 0 Å². The summed E-state index contributed by atoms with van der Waals surface area (Å²) in [6, 6.07) is 13.4. The Kier molecular flexibility index (Phi) is 3.00. The number of nitrogens with zero attached hydrogens (tertiary/aromatic N) is 1. The van der Waals surface area contributed by atoms with Gasteiger partial charge in [0.2, 0.25) is 0 Å². The highest BCUT2D eigenvalue weighted by molar-refractivity contribution is 5.76. The number of aliphatic carboxylic acids is 1. The molecule has 0 saturated carbocycles. The number of carboxylic acids is 1. The van der Waals surface area contributed by atoms with E-state index in [0.717, 1.165) is 5.56 Å². The SMILES string of the molecule is C[C@@](Cc1ccccc1)(C(=O)O)n1cccc1. The second kappa shape index (κ2) is 4.45. The summed E-state index contributed by atoms with van der Waals surface area (Å²) < 4.78 is 1.74. The molecule has 0 bridgehead atoms. The fourth-order valence-corrected chi connectivity index (χ4v) is 1.93. The second-order valence-corrected chi connectivity index (χ2v) is 4.33. The van der Waals surface area contributed by atoms with Crippen molar-refractivity contribution < 1.29 is 9.90 Å². The first kappa shape index (κ1) is 11.5. The van der Waals surface area contributed by atoms with E-state index >= 15 is 0 Å². The number of hydrogen-bond acceptors (Lipinski definition) is 1. The lowest BCUT2D eigenvalue weighted by Crippen LogP contribution is -2.40. The smallest absolute Gasteiger partial charge is 0.329 e. The fourth-order valence-electron chi connectivity index (χ4n) is 1.93. The number of hydrogen-bond donors (Lipinski definition) is 1. The summed E-state index contributed by atoms with van der Waals surface area (Å²) in [7, 11) is 0. The van der Waals surface area contributed by atoms with E-state index in [2.05, 4.69) is 0 Å². The minimum absolute atomic E-state index is 0.470. The molecule has 0 fully saturated rings. The average molecular weight is 229 g/mol. The van der Waals surface area contributed by atoms with E-state index < -0.39 is 11.5 Å². The molecule has 3 heteroatoms. The summed E-state index contributed by atoms with van der Waals surface area (Å²) >= 11 is 0. The summed E-state index contributed by atoms with van der Waals surface area (Å²) in [5, 5.41) is 9.44. The van der Waals surface area contributed by atoms with Crippen LogP contribution in [0.4, 0.5) is 0 Å². The molecule has 2 rings (SSSR count). The number of aromatic nitrogens is 1. The Morgan fingerprint density at radius 1 is 1.18 bits per heavy atom. The molecule has 0 saturated heterocycles. The highest BCUT2D eigenvalue weighted by Crippen LogP contribution is 2.22. The molecule has 1 atom stereocenters. The summed E-state index contributed by atoms with van der Waals surface area (Å²) in [6.07, 6.45) is 4.05. The van der Waals surface area contributed by atoms with Gasteiger partial charge in [0.05, 0.1) is 0 Å². The van der Waals surface area contributed by atoms with Crippen LogP contribution in [0.15, 0.2) is 54.9 Å². The zero-order valence-electron chi connectivity index (χ0n) is 9.71. The van der Waals surface area contributed by atoms with Crippen LogP contribution in [0.5, 0.6) is 0 Å². The summed E-state index contributed by atoms with van der Waals surface area (Å²) in [5.74, 6) is -0.822. The Bertz CT molecular complexity index is 490. The van der Waals surface area contributed by atoms with E-state index in [9.17, 15) is 9.90 Å². The molecule has 1 aromatic carbocycles. The molecule has 1 heterocycles. The lowest BCUT2D eigenvalue weighted by atomic mass is 9.92. The third kappa shape index (κ3) is 2.23. The monoisotopic (exact) mass is 229 g/mol. The van der Waals surface area contributed by atoms with Crippen LogP contribution in [-0.4, -0.2) is 15.6 Å². The minimum atomic E-state index is -0.940. The molecule has 0 unspecified atom stereocenters. The highest BCUT2D eigenvalue weighted by atomic mass is 16.4. The number of carbonyl (C=O) groups is 1. The summed E-state index contributed by atoms with van der Waals surface area (Å²) in [5.41, 5.74) is 0.0799. The number of rotatable bonds is 4. The van der Waals surface area contributed by atoms with Gasteiger partial charge in [-0.2, -0.15) is 0 Å². The Hall–Kier alpha value is -2.03. The Morgan fingerprint density at radius 2 is 1.76 bits per heavy atom. The maximum Gasteiger partial charge on any atom is 0.329 e. The lowest BCUT2D eigenvalue weighted by molar-refractivity contribution is -0.146. The van der Waals surface area contributed by atoms with Crippen molar-refractivity contribution in [3.8, 4) is 0 Å². The molecule has 3 nitrogen and oxygen atoms in total. The van der Waals surface area contributed by atoms with Gasteiger partial charge in [-0.1, -0.05) is 30.3 Å². The molecule has 1 N–H and O–H groups in total. The Labute approximate surface area is 100 Å². The van der Waals surface area contributed by atoms with Gasteiger partial charge < -0.3 is 9.67 Å². The third-order valence-corrected chi connectivity index (χ3v) is 3.03. The Balaban J connectivity index is 2.34. The Morgan fingerprint density at radius 3 is 2.29 bits per heavy atom. The van der Waals surface area contributed by atoms with E-state index in [1.807, 2.05) is 42.5 Å². The van der Waals surface area contributed by atoms with Gasteiger partial charge in [-0.05, 0) is 24.6 Å². The maximum absolute atomic E-state index is 11.5. The van der Waals surface area contributed by atoms with E-state index in [4.69, 9.17) is 0 Å². The van der Waals surface area contributed by atoms with E-state index in [1.54, 1.807) is 23.9 Å². The van der Waals surface area contributed by atoms with Crippen molar-refractivity contribution in [3.05, 3.63) is 60.4 Å². The van der Waals surface area contributed by atoms with Crippen molar-refractivity contribution in [3.63, 3.8) is 0 Å². The van der Waals surface area contributed by atoms with Gasteiger partial charge in [0.1, 0.15) is 5.54 Å². The van der Waals surface area contributed by atoms with E-state index in [1.165, 1.54) is 0 Å². The predicted octanol–water partition coefficient (Wildman–Crippen LogP) is 2.53. The zero-order chi connectivity index (χ0) is 12.3. The van der Waals surface area contributed by atoms with Crippen LogP contribution >= 0.6 is 0 Å². The van der Waals surface area contributed by atoms with Crippen molar-refractivity contribution in [2.75, 3.05) is 0 Å². The molecular weight excluding hydrogens is 214 g/mol. The molecule has 1 aromatic heterocycles. The van der Waals surface area contributed by atoms with Gasteiger partial charge >= 0.3 is 5.97 Å². The number of carboxylic acid groups (broad SMARTS) is 1. The second-order valence-electron chi connectivity index (χ2n) is 4.33. The van der Waals surface area contributed by atoms with Crippen LogP contribution in [-0.2, 0) is 16.8 Å². The van der Waals surface area contributed by atoms with Crippen LogP contribution in [0.25, 0.3) is 0 Å². The van der Waals surface area contributed by atoms with Gasteiger partial charge in [-0.25, -0.2) is 4.79 Å². The zero-order valence-corrected chi connectivity index (χ0v) is 9.71. The molecule has 88 valence electrons. The molecule has 17 heavy (non-hydrogen) atoms. The first-order valence-corrected chi connectivity index (χ1v) is 5.54. The van der Waals surface area contributed by atoms with Crippen LogP contribution in [0.2, 0.25) is 0 Å². The standard InChI is InChI=1S/C14H15NO2/c1-14(13(16)17,15-9-5-6-10-15)11-12-7-3-2-4-8-12/h2-10H,11H2,1H3,(H,16,17)/t14-/m1/s1. The molecular formula is C14H15NO2. The lowest BCUT2D eigenvalue weighted by Gasteiger charge is -2.27. The normalized spacial score (nSPS) is 14.2. The quantitative estimate of drug-likeness (QED) is 0.875. The van der Waals surface area contributed by atoms with Gasteiger partial charge in [0.15, 0.2) is 0 Å². The first-order valence-electron chi connectivity index (χ1n) is 5.54. The highest BCUT2D eigenvalue weighted by Gasteiger charge is 2.34. The molecule has 0 aliphatic carbocycles. The summed E-state index contributed by atoms with van der Waals surface area (Å²) in [4.78, 5) is 11.5. The molecule has 0 radical (unpaired) electrons. The topological polar surface area (TPSA) is 42.2 Å². The van der Waals surface area contributed by atoms with E-state index in [0.29, 0.717) is 6.42 Å². The number of benzene rings is 1. The van der Waals surface area contributed by atoms with Crippen LogP contribution < -0.4 is 0 Å². The van der Waals surface area contributed by atoms with Gasteiger partial charge in [0, 0.05) is 18.8 Å². The molecule has 0 amide bonds. The van der Waals surface area contributed by atoms with Crippen LogP contribution in [0, 0.1) is 0 Å². The average Bonchev–Trinajstić information content (AvgIpc) is 2.84. The molecule has 0 spiro atoms. The van der Waals surface area contributed by atoms with Crippen molar-refractivity contribution in [2.45, 2.75) is 18.9 Å². The van der Waals surface area contributed by atoms with Crippen molar-refractivity contribution >= 4 is 5.97 Å². The molecule has 2 aromatic rings. The van der Waals surface area contributed by atoms with Crippen molar-refractivity contribution in [2.24, 2.45) is 0 Å². The van der Waals surface area contributed by atoms with Crippen LogP contribution in [0.1, 0.15) is 12.5 Å². The van der Waals surface area contributed by atoms with E-state index in [-0.39, 0.29) is 0 Å². The molecule has 0 aliphatic rings. The van der Waals surface area contributed by atoms with Gasteiger partial charge in [-0.15, -0.1) is 0 Å². The summed E-state index contributed by atoms with van der Waals surface area (Å²) in [6.45, 7) is 1.74. The maximum atomic E-state index is 11.5. The predicted molar refractivity (Wildman–Crippen MR) is 65.9 cm³/mol. The van der Waals surface area contributed by atoms with Gasteiger partial charge in [0.25, 0.3) is 0 Å². The molecule has 0 aliphatic heterocycles. The van der Waals surface area contributed by atoms with Crippen molar-refractivity contribution in [1.82, 2.24) is 4.57 Å². The first-order chi connectivity index (χ1) is 8.13. The minimum Gasteiger partial charge on any atom is -0.479 e. The fraction of sp³-hybridized carbons (Fsp3) is 0.214.